The fourth-order valence-corrected chi connectivity index (χ4v) is 4.84. The maximum Gasteiger partial charge on any atom is 0.357 e. The summed E-state index contributed by atoms with van der Waals surface area (Å²) in [5.74, 6) is -0.635. The number of rotatable bonds is 12. The highest BCUT2D eigenvalue weighted by atomic mass is 32.2. The zero-order chi connectivity index (χ0) is 24.6. The Morgan fingerprint density at radius 1 is 1.09 bits per heavy atom. The Bertz CT molecular complexity index is 1160. The second-order valence-electron chi connectivity index (χ2n) is 7.87. The molecule has 0 aliphatic carbocycles. The number of anilines is 1. The molecule has 0 fully saturated rings. The number of carbonyl (C=O) groups is 1. The zero-order valence-corrected chi connectivity index (χ0v) is 20.7. The van der Waals surface area contributed by atoms with Gasteiger partial charge in [-0.1, -0.05) is 49.4 Å². The zero-order valence-electron chi connectivity index (χ0n) is 19.1. The van der Waals surface area contributed by atoms with Crippen LogP contribution in [-0.2, 0) is 39.1 Å². The van der Waals surface area contributed by atoms with Crippen molar-refractivity contribution in [1.29, 1.82) is 0 Å². The Labute approximate surface area is 204 Å². The van der Waals surface area contributed by atoms with Gasteiger partial charge in [0, 0.05) is 11.9 Å². The van der Waals surface area contributed by atoms with Crippen LogP contribution in [0.15, 0.2) is 60.0 Å². The molecule has 0 amide bonds. The Morgan fingerprint density at radius 2 is 1.76 bits per heavy atom. The molecule has 1 aromatic heterocycles. The molecule has 10 heteroatoms. The Morgan fingerprint density at radius 3 is 2.35 bits per heavy atom. The van der Waals surface area contributed by atoms with Gasteiger partial charge in [-0.3, -0.25) is 14.1 Å². The standard InChI is InChI=1S/C24H29N3O5S2/c1-3-23-26-22(16-33-23)21(14-18-9-11-20(12-10-18)27-34(29,30)31)25-15-19(24(28)32-2)13-17-7-5-4-6-8-17/h4-12,16,19,21,25,27H,3,13-15H2,1-2H3,(H,29,30,31)/t19-,21+/m1/s1. The first-order valence-corrected chi connectivity index (χ1v) is 13.2. The number of esters is 1. The molecule has 3 N–H and O–H groups in total. The van der Waals surface area contributed by atoms with Crippen molar-refractivity contribution >= 4 is 33.3 Å². The van der Waals surface area contributed by atoms with Crippen LogP contribution in [0.4, 0.5) is 5.69 Å². The number of nitrogens with zero attached hydrogens (tertiary/aromatic N) is 1. The number of ether oxygens (including phenoxy) is 1. The first-order chi connectivity index (χ1) is 16.3. The molecule has 2 aromatic carbocycles. The molecule has 0 aliphatic rings. The number of aromatic nitrogens is 1. The fourth-order valence-electron chi connectivity index (χ4n) is 3.61. The van der Waals surface area contributed by atoms with E-state index < -0.39 is 10.3 Å². The van der Waals surface area contributed by atoms with Crippen LogP contribution in [0.25, 0.3) is 0 Å². The Kier molecular flexibility index (Phi) is 9.17. The highest BCUT2D eigenvalue weighted by molar-refractivity contribution is 7.87. The number of hydrogen-bond acceptors (Lipinski definition) is 7. The predicted molar refractivity (Wildman–Crippen MR) is 133 cm³/mol. The van der Waals surface area contributed by atoms with Crippen LogP contribution in [0, 0.1) is 5.92 Å². The van der Waals surface area contributed by atoms with E-state index in [2.05, 4.69) is 12.2 Å². The highest BCUT2D eigenvalue weighted by Crippen LogP contribution is 2.23. The summed E-state index contributed by atoms with van der Waals surface area (Å²) >= 11 is 1.60. The second-order valence-corrected chi connectivity index (χ2v) is 9.97. The van der Waals surface area contributed by atoms with Crippen LogP contribution in [0.2, 0.25) is 0 Å². The van der Waals surface area contributed by atoms with E-state index in [4.69, 9.17) is 14.3 Å². The number of benzene rings is 2. The molecular formula is C24H29N3O5S2. The van der Waals surface area contributed by atoms with Crippen LogP contribution < -0.4 is 10.0 Å². The first kappa shape index (κ1) is 25.8. The minimum absolute atomic E-state index is 0.153. The summed E-state index contributed by atoms with van der Waals surface area (Å²) < 4.78 is 38.1. The third-order valence-corrected chi connectivity index (χ3v) is 6.84. The van der Waals surface area contributed by atoms with Gasteiger partial charge in [0.15, 0.2) is 0 Å². The van der Waals surface area contributed by atoms with Crippen molar-refractivity contribution < 1.29 is 22.5 Å². The van der Waals surface area contributed by atoms with Crippen LogP contribution in [-0.4, -0.2) is 37.6 Å². The largest absolute Gasteiger partial charge is 0.469 e. The molecule has 3 rings (SSSR count). The van der Waals surface area contributed by atoms with E-state index >= 15 is 0 Å². The summed E-state index contributed by atoms with van der Waals surface area (Å²) in [5, 5.41) is 6.56. The van der Waals surface area contributed by atoms with Crippen LogP contribution >= 0.6 is 11.3 Å². The number of hydrogen-bond donors (Lipinski definition) is 3. The lowest BCUT2D eigenvalue weighted by Gasteiger charge is -2.21. The summed E-state index contributed by atoms with van der Waals surface area (Å²) in [6.07, 6.45) is 1.98. The summed E-state index contributed by atoms with van der Waals surface area (Å²) in [7, 11) is -2.93. The maximum atomic E-state index is 12.5. The molecule has 8 nitrogen and oxygen atoms in total. The van der Waals surface area contributed by atoms with Gasteiger partial charge in [-0.05, 0) is 42.5 Å². The molecular weight excluding hydrogens is 474 g/mol. The molecule has 34 heavy (non-hydrogen) atoms. The minimum atomic E-state index is -4.33. The molecule has 3 aromatic rings. The minimum Gasteiger partial charge on any atom is -0.469 e. The molecule has 0 radical (unpaired) electrons. The van der Waals surface area contributed by atoms with Gasteiger partial charge in [0.25, 0.3) is 0 Å². The van der Waals surface area contributed by atoms with Gasteiger partial charge in [-0.15, -0.1) is 11.3 Å². The van der Waals surface area contributed by atoms with Crippen molar-refractivity contribution in [1.82, 2.24) is 10.3 Å². The number of nitrogens with one attached hydrogen (secondary N) is 2. The van der Waals surface area contributed by atoms with Crippen LogP contribution in [0.1, 0.15) is 34.8 Å². The average Bonchev–Trinajstić information content (AvgIpc) is 3.30. The fraction of sp³-hybridized carbons (Fsp3) is 0.333. The summed E-state index contributed by atoms with van der Waals surface area (Å²) in [6.45, 7) is 2.47. The number of carbonyl (C=O) groups excluding carboxylic acids is 1. The van der Waals surface area contributed by atoms with E-state index in [1.807, 2.05) is 40.4 Å². The van der Waals surface area contributed by atoms with Crippen LogP contribution in [0.3, 0.4) is 0 Å². The van der Waals surface area contributed by atoms with E-state index in [-0.39, 0.29) is 23.6 Å². The number of methoxy groups -OCH3 is 1. The van der Waals surface area contributed by atoms with Crippen molar-refractivity contribution in [3.8, 4) is 0 Å². The monoisotopic (exact) mass is 503 g/mol. The van der Waals surface area contributed by atoms with Crippen molar-refractivity contribution in [2.45, 2.75) is 32.2 Å². The van der Waals surface area contributed by atoms with Crippen molar-refractivity contribution in [2.24, 2.45) is 5.92 Å². The lowest BCUT2D eigenvalue weighted by molar-refractivity contribution is -0.145. The number of thiazole rings is 1. The van der Waals surface area contributed by atoms with Gasteiger partial charge in [0.05, 0.1) is 35.5 Å². The van der Waals surface area contributed by atoms with Crippen molar-refractivity contribution in [3.05, 3.63) is 81.8 Å². The predicted octanol–water partition coefficient (Wildman–Crippen LogP) is 3.83. The van der Waals surface area contributed by atoms with Gasteiger partial charge in [0.1, 0.15) is 0 Å². The highest BCUT2D eigenvalue weighted by Gasteiger charge is 2.23. The lowest BCUT2D eigenvalue weighted by Crippen LogP contribution is -2.34. The molecule has 182 valence electrons. The van der Waals surface area contributed by atoms with E-state index in [1.54, 1.807) is 35.6 Å². The van der Waals surface area contributed by atoms with Gasteiger partial charge in [0.2, 0.25) is 0 Å². The van der Waals surface area contributed by atoms with E-state index in [0.717, 1.165) is 28.2 Å². The summed E-state index contributed by atoms with van der Waals surface area (Å²) in [5.41, 5.74) is 3.17. The van der Waals surface area contributed by atoms with Gasteiger partial charge < -0.3 is 10.1 Å². The molecule has 0 aliphatic heterocycles. The molecule has 0 bridgehead atoms. The average molecular weight is 504 g/mol. The van der Waals surface area contributed by atoms with Gasteiger partial charge in [-0.25, -0.2) is 4.98 Å². The van der Waals surface area contributed by atoms with E-state index in [9.17, 15) is 13.2 Å². The van der Waals surface area contributed by atoms with Crippen LogP contribution in [0.5, 0.6) is 0 Å². The molecule has 0 saturated carbocycles. The maximum absolute atomic E-state index is 12.5. The van der Waals surface area contributed by atoms with E-state index in [0.29, 0.717) is 19.4 Å². The molecule has 1 heterocycles. The molecule has 0 unspecified atom stereocenters. The summed E-state index contributed by atoms with van der Waals surface area (Å²) in [4.78, 5) is 17.2. The Hall–Kier alpha value is -2.79. The van der Waals surface area contributed by atoms with Gasteiger partial charge >= 0.3 is 16.3 Å². The Balaban J connectivity index is 1.76. The second kappa shape index (κ2) is 12.1. The smallest absolute Gasteiger partial charge is 0.357 e. The molecule has 0 saturated heterocycles. The SMILES string of the molecule is CCc1nc([C@H](Cc2ccc(NS(=O)(=O)O)cc2)NC[C@@H](Cc2ccccc2)C(=O)OC)cs1. The summed E-state index contributed by atoms with van der Waals surface area (Å²) in [6, 6.07) is 16.4. The van der Waals surface area contributed by atoms with Crippen molar-refractivity contribution in [3.63, 3.8) is 0 Å². The first-order valence-electron chi connectivity index (χ1n) is 10.9. The van der Waals surface area contributed by atoms with E-state index in [1.165, 1.54) is 7.11 Å². The lowest BCUT2D eigenvalue weighted by atomic mass is 9.97. The topological polar surface area (TPSA) is 118 Å². The third-order valence-electron chi connectivity index (χ3n) is 5.34. The molecule has 2 atom stereocenters. The normalized spacial score (nSPS) is 13.3. The molecule has 0 spiro atoms. The van der Waals surface area contributed by atoms with Gasteiger partial charge in [-0.2, -0.15) is 8.42 Å². The van der Waals surface area contributed by atoms with Crippen molar-refractivity contribution in [2.75, 3.05) is 18.4 Å². The quantitative estimate of drug-likeness (QED) is 0.254. The third kappa shape index (κ3) is 7.91. The number of aryl methyl sites for hydroxylation is 1.